The van der Waals surface area contributed by atoms with Gasteiger partial charge in [-0.25, -0.2) is 19.6 Å². The fourth-order valence-corrected chi connectivity index (χ4v) is 9.48. The second-order valence-corrected chi connectivity index (χ2v) is 23.9. The molecule has 46 heteroatoms. The number of aliphatic hydroxyl groups excluding tert-OH is 16. The third-order valence-corrected chi connectivity index (χ3v) is 15.4. The maximum Gasteiger partial charge on any atom is 0.327 e. The van der Waals surface area contributed by atoms with Crippen LogP contribution in [-0.2, 0) is 54.5 Å². The summed E-state index contributed by atoms with van der Waals surface area (Å²) < 4.78 is 0. The summed E-state index contributed by atoms with van der Waals surface area (Å²) in [6, 6.07) is -11.8. The summed E-state index contributed by atoms with van der Waals surface area (Å²) in [7, 11) is 0. The number of fused-ring (bicyclic) bond motifs is 1. The number of H-pyrrole nitrogens is 1. The Balaban J connectivity index is 1.77. The van der Waals surface area contributed by atoms with Gasteiger partial charge in [0.15, 0.2) is 28.7 Å². The second kappa shape index (κ2) is 42.2. The Morgan fingerprint density at radius 2 is 0.952 bits per heavy atom. The SMILES string of the molecule is C[C@H](CCC(=O)N[C@H](C(=O)N[C@H](C)CC(=O)N[C@H](C(=O)N[C@@H](CC(=O)N[C@H](C(=O)N[C@H](C)CC(=O)N[C@H](C(=O)N[C@@H](CS)C(=O)O)/C(O)=C(\O)[C@H](O)CO)[C@@H](O)[C@H](O)[C@H](O)CO)C(=O)O)[C@@H](O)[C@H](O)[C@H](O)CO)[C@@H](O)[C@H](O)[C@H](O)CO)NC(=O)c1ccc(NCc2cnc3nc(N)[nH]c(=O)c3n2)cc1. The highest BCUT2D eigenvalue weighted by Gasteiger charge is 2.43. The summed E-state index contributed by atoms with van der Waals surface area (Å²) in [5, 5.41) is 205. The molecule has 0 saturated heterocycles. The number of nitrogens with two attached hydrogens (primary N) is 1. The zero-order valence-corrected chi connectivity index (χ0v) is 56.3. The van der Waals surface area contributed by atoms with E-state index in [0.717, 1.165) is 13.8 Å². The van der Waals surface area contributed by atoms with Crippen molar-refractivity contribution in [2.45, 2.75) is 175 Å². The van der Waals surface area contributed by atoms with Crippen LogP contribution in [0, 0.1) is 0 Å². The van der Waals surface area contributed by atoms with Crippen molar-refractivity contribution in [3.63, 3.8) is 0 Å². The van der Waals surface area contributed by atoms with Gasteiger partial charge in [-0.05, 0) is 51.5 Å². The number of thiol groups is 1. The van der Waals surface area contributed by atoms with E-state index in [1.165, 1.54) is 25.3 Å². The van der Waals surface area contributed by atoms with Crippen LogP contribution in [0.4, 0.5) is 11.6 Å². The van der Waals surface area contributed by atoms with Gasteiger partial charge in [0.1, 0.15) is 91.2 Å². The fraction of sp³-hybridized carbons (Fsp3) is 0.569. The molecule has 0 aliphatic rings. The first-order valence-electron chi connectivity index (χ1n) is 31.2. The summed E-state index contributed by atoms with van der Waals surface area (Å²) in [5.74, 6) is -19.8. The molecule has 31 N–H and O–H groups in total. The van der Waals surface area contributed by atoms with E-state index < -0.39 is 255 Å². The number of hydrogen-bond donors (Lipinski definition) is 31. The molecule has 2 aromatic heterocycles. The lowest BCUT2D eigenvalue weighted by Crippen LogP contribution is -2.62. The van der Waals surface area contributed by atoms with Crippen LogP contribution in [0.1, 0.15) is 68.9 Å². The largest absolute Gasteiger partial charge is 0.506 e. The third-order valence-electron chi connectivity index (χ3n) is 15.1. The lowest BCUT2D eigenvalue weighted by molar-refractivity contribution is -0.147. The number of amides is 9. The number of aliphatic hydroxyl groups is 16. The molecule has 0 bridgehead atoms. The molecule has 9 amide bonds. The van der Waals surface area contributed by atoms with Crippen LogP contribution in [0.3, 0.4) is 0 Å². The Morgan fingerprint density at radius 3 is 1.40 bits per heavy atom. The molecule has 580 valence electrons. The molecule has 1 aromatic carbocycles. The number of carbonyl (C=O) groups is 11. The number of carboxylic acids is 2. The van der Waals surface area contributed by atoms with Crippen molar-refractivity contribution >= 4 is 101 Å². The zero-order chi connectivity index (χ0) is 78.7. The van der Waals surface area contributed by atoms with Crippen molar-refractivity contribution in [3.8, 4) is 0 Å². The minimum absolute atomic E-state index is 0.0377. The highest BCUT2D eigenvalue weighted by Crippen LogP contribution is 2.17. The molecule has 0 saturated carbocycles. The molecular weight excluding hydrogens is 1420 g/mol. The molecule has 45 nitrogen and oxygen atoms in total. The topological polar surface area (TPSA) is 770 Å². The molecule has 2 heterocycles. The zero-order valence-electron chi connectivity index (χ0n) is 55.4. The average molecular weight is 1510 g/mol. The number of nitrogen functional groups attached to an aromatic ring is 1. The first-order chi connectivity index (χ1) is 48.7. The first-order valence-corrected chi connectivity index (χ1v) is 31.8. The molecular formula is C58H87N15O30S. The van der Waals surface area contributed by atoms with E-state index in [-0.39, 0.29) is 35.6 Å². The van der Waals surface area contributed by atoms with Crippen LogP contribution < -0.4 is 64.5 Å². The van der Waals surface area contributed by atoms with Crippen molar-refractivity contribution in [2.24, 2.45) is 0 Å². The van der Waals surface area contributed by atoms with Gasteiger partial charge >= 0.3 is 11.9 Å². The molecule has 0 radical (unpaired) electrons. The van der Waals surface area contributed by atoms with Crippen LogP contribution >= 0.6 is 12.6 Å². The van der Waals surface area contributed by atoms with E-state index in [0.29, 0.717) is 11.4 Å². The van der Waals surface area contributed by atoms with Gasteiger partial charge in [-0.2, -0.15) is 17.6 Å². The Bertz CT molecular complexity index is 3550. The number of aliphatic carboxylic acids is 2. The van der Waals surface area contributed by atoms with Gasteiger partial charge < -0.3 is 151 Å². The summed E-state index contributed by atoms with van der Waals surface area (Å²) in [5.41, 5.74) is 6.04. The van der Waals surface area contributed by atoms with Crippen LogP contribution in [0.2, 0.25) is 0 Å². The number of benzene rings is 1. The number of carboxylic acid groups (broad SMARTS) is 2. The standard InChI is InChI=1S/C58H87N15O30S/c1-20(62-50(94)23-5-7-24(8-6-23)60-13-25-14-61-49-40(65-25)55(99)73-58(59)72-49)4-9-32(82)68-36(45(90)41(86)28(78)15-74)51(95)63-21(2)10-33(83)69-38(47(92)43(88)30(80)17-76)53(97)66-26(56(100)101)12-35(85)71-37(46(91)42(87)29(79)16-75)52(96)64-22(3)11-34(84)70-39(48(93)44(89)31(81)18-77)54(98)67-27(19-104)57(102)103/h5-8,14,20-22,26-31,36-39,41-43,45-47,60,74-81,86-93,104H,4,9-13,15-19H2,1-3H3,(H,62,94)(H,63,95)(H,64,96)(H,66,97)(H,67,98)(H,68,82)(H,69,83)(H,70,84)(H,71,85)(H,100,101)(H,102,103)(H3,59,61,72,73,99)/b48-44+/t20-,21-,22-,26+,27+,28-,29-,30-,31-,36+,37+,38+,39+,41-,42-,43-,45-,46-,47-/m1/s1. The smallest absolute Gasteiger partial charge is 0.327 e. The van der Waals surface area contributed by atoms with Gasteiger partial charge in [0.25, 0.3) is 17.4 Å². The first kappa shape index (κ1) is 88.6. The quantitative estimate of drug-likeness (QED) is 0.0185. The minimum atomic E-state index is -2.71. The predicted octanol–water partition coefficient (Wildman–Crippen LogP) is -13.1. The second-order valence-electron chi connectivity index (χ2n) is 23.5. The van der Waals surface area contributed by atoms with Crippen LogP contribution in [0.5, 0.6) is 0 Å². The summed E-state index contributed by atoms with van der Waals surface area (Å²) in [4.78, 5) is 172. The van der Waals surface area contributed by atoms with Gasteiger partial charge in [-0.1, -0.05) is 0 Å². The van der Waals surface area contributed by atoms with Crippen molar-refractivity contribution in [1.29, 1.82) is 0 Å². The monoisotopic (exact) mass is 1510 g/mol. The van der Waals surface area contributed by atoms with E-state index >= 15 is 0 Å². The Kier molecular flexibility index (Phi) is 35.9. The molecule has 0 aliphatic heterocycles. The fourth-order valence-electron chi connectivity index (χ4n) is 9.24. The number of anilines is 2. The maximum atomic E-state index is 13.9. The van der Waals surface area contributed by atoms with Gasteiger partial charge in [-0.15, -0.1) is 0 Å². The summed E-state index contributed by atoms with van der Waals surface area (Å²) in [6.07, 6.45) is -26.9. The van der Waals surface area contributed by atoms with E-state index in [4.69, 9.17) is 5.73 Å². The number of hydrogen-bond acceptors (Lipinski definition) is 34. The van der Waals surface area contributed by atoms with Crippen molar-refractivity contribution in [2.75, 3.05) is 43.2 Å². The molecule has 19 atom stereocenters. The molecule has 0 aliphatic carbocycles. The van der Waals surface area contributed by atoms with Gasteiger partial charge in [0.2, 0.25) is 47.3 Å². The van der Waals surface area contributed by atoms with Crippen molar-refractivity contribution in [3.05, 3.63) is 63.6 Å². The molecule has 104 heavy (non-hydrogen) atoms. The highest BCUT2D eigenvalue weighted by molar-refractivity contribution is 7.80. The Labute approximate surface area is 592 Å². The maximum absolute atomic E-state index is 13.9. The van der Waals surface area contributed by atoms with E-state index in [1.807, 2.05) is 21.3 Å². The van der Waals surface area contributed by atoms with Gasteiger partial charge in [-0.3, -0.25) is 52.9 Å². The average Bonchev–Trinajstić information content (AvgIpc) is 0.821. The number of rotatable bonds is 44. The van der Waals surface area contributed by atoms with E-state index in [9.17, 15) is 149 Å². The third kappa shape index (κ3) is 26.9. The van der Waals surface area contributed by atoms with Crippen LogP contribution in [-0.4, -0.2) is 325 Å². The number of nitrogens with one attached hydrogen (secondary N) is 11. The van der Waals surface area contributed by atoms with Gasteiger partial charge in [0, 0.05) is 54.4 Å². The lowest BCUT2D eigenvalue weighted by Gasteiger charge is -2.31. The molecule has 0 fully saturated rings. The normalized spacial score (nSPS) is 17.2. The van der Waals surface area contributed by atoms with Crippen LogP contribution in [0.15, 0.2) is 46.8 Å². The molecule has 0 unspecified atom stereocenters. The lowest BCUT2D eigenvalue weighted by atomic mass is 9.98. The number of aromatic nitrogens is 4. The summed E-state index contributed by atoms with van der Waals surface area (Å²) in [6.45, 7) is -1.29. The minimum Gasteiger partial charge on any atom is -0.506 e. The van der Waals surface area contributed by atoms with Crippen molar-refractivity contribution in [1.82, 2.24) is 67.8 Å². The highest BCUT2D eigenvalue weighted by atomic mass is 32.1. The van der Waals surface area contributed by atoms with E-state index in [2.05, 4.69) is 59.1 Å². The van der Waals surface area contributed by atoms with Crippen LogP contribution in [0.25, 0.3) is 11.2 Å². The Morgan fingerprint density at radius 1 is 0.510 bits per heavy atom. The van der Waals surface area contributed by atoms with Gasteiger partial charge in [0.05, 0.1) is 51.3 Å². The molecule has 3 rings (SSSR count). The molecule has 0 spiro atoms. The Hall–Kier alpha value is -9.66. The predicted molar refractivity (Wildman–Crippen MR) is 353 cm³/mol. The van der Waals surface area contributed by atoms with E-state index in [1.54, 1.807) is 17.4 Å². The molecule has 3 aromatic rings. The summed E-state index contributed by atoms with van der Waals surface area (Å²) >= 11 is 3.77. The number of aromatic amines is 1. The van der Waals surface area contributed by atoms with Crippen molar-refractivity contribution < 1.29 is 145 Å². The number of nitrogens with zero attached hydrogens (tertiary/aromatic N) is 3. The number of carbonyl (C=O) groups excluding carboxylic acids is 9.